The molecule has 0 radical (unpaired) electrons. The van der Waals surface area contributed by atoms with Gasteiger partial charge >= 0.3 is 0 Å². The molecule has 0 aliphatic carbocycles. The number of hydrogen-bond donors (Lipinski definition) is 0. The first kappa shape index (κ1) is 11.4. The van der Waals surface area contributed by atoms with Crippen molar-refractivity contribution in [1.82, 2.24) is 4.98 Å². The molecular formula is C13H14BrNO. The summed E-state index contributed by atoms with van der Waals surface area (Å²) in [6.45, 7) is 6.02. The van der Waals surface area contributed by atoms with Crippen LogP contribution in [0.5, 0.6) is 5.75 Å². The molecule has 0 N–H and O–H groups in total. The highest BCUT2D eigenvalue weighted by Crippen LogP contribution is 2.33. The lowest BCUT2D eigenvalue weighted by atomic mass is 10.2. The predicted molar refractivity (Wildman–Crippen MR) is 69.9 cm³/mol. The lowest BCUT2D eigenvalue weighted by Gasteiger charge is -2.13. The molecule has 1 aromatic heterocycles. The molecular weight excluding hydrogens is 266 g/mol. The van der Waals surface area contributed by atoms with Crippen LogP contribution >= 0.6 is 15.9 Å². The standard InChI is InChI=1S/C13H14BrNO/c1-8(2)16-13-11(14)7-6-10-5-4-9(3)15-12(10)13/h4-8H,1-3H3. The Kier molecular flexibility index (Phi) is 3.15. The molecule has 0 saturated carbocycles. The fourth-order valence-corrected chi connectivity index (χ4v) is 2.00. The van der Waals surface area contributed by atoms with Crippen LogP contribution in [0.15, 0.2) is 28.7 Å². The second-order valence-electron chi connectivity index (χ2n) is 4.07. The molecule has 0 unspecified atom stereocenters. The molecule has 0 spiro atoms. The summed E-state index contributed by atoms with van der Waals surface area (Å²) in [4.78, 5) is 4.53. The molecule has 16 heavy (non-hydrogen) atoms. The second-order valence-corrected chi connectivity index (χ2v) is 4.92. The van der Waals surface area contributed by atoms with Crippen LogP contribution in [0.3, 0.4) is 0 Å². The van der Waals surface area contributed by atoms with Gasteiger partial charge in [0.1, 0.15) is 5.52 Å². The number of aromatic nitrogens is 1. The highest BCUT2D eigenvalue weighted by atomic mass is 79.9. The number of benzene rings is 1. The Bertz CT molecular complexity index is 517. The minimum Gasteiger partial charge on any atom is -0.488 e. The number of ether oxygens (including phenoxy) is 1. The maximum atomic E-state index is 5.80. The lowest BCUT2D eigenvalue weighted by Crippen LogP contribution is -2.07. The van der Waals surface area contributed by atoms with Crippen LogP contribution in [0.2, 0.25) is 0 Å². The molecule has 3 heteroatoms. The summed E-state index contributed by atoms with van der Waals surface area (Å²) in [6.07, 6.45) is 0.143. The highest BCUT2D eigenvalue weighted by molar-refractivity contribution is 9.10. The minimum atomic E-state index is 0.143. The van der Waals surface area contributed by atoms with Gasteiger partial charge in [0.05, 0.1) is 10.6 Å². The molecule has 0 saturated heterocycles. The normalized spacial score (nSPS) is 11.1. The molecule has 0 fully saturated rings. The van der Waals surface area contributed by atoms with Crippen molar-refractivity contribution in [2.45, 2.75) is 26.9 Å². The van der Waals surface area contributed by atoms with E-state index in [9.17, 15) is 0 Å². The molecule has 0 atom stereocenters. The smallest absolute Gasteiger partial charge is 0.160 e. The van der Waals surface area contributed by atoms with Crippen molar-refractivity contribution >= 4 is 26.8 Å². The van der Waals surface area contributed by atoms with Gasteiger partial charge in [-0.25, -0.2) is 4.98 Å². The van der Waals surface area contributed by atoms with Crippen molar-refractivity contribution in [1.29, 1.82) is 0 Å². The van der Waals surface area contributed by atoms with E-state index in [2.05, 4.69) is 27.0 Å². The molecule has 84 valence electrons. The van der Waals surface area contributed by atoms with Crippen LogP contribution in [0, 0.1) is 6.92 Å². The summed E-state index contributed by atoms with van der Waals surface area (Å²) in [7, 11) is 0. The fourth-order valence-electron chi connectivity index (χ4n) is 1.58. The number of rotatable bonds is 2. The van der Waals surface area contributed by atoms with Gasteiger partial charge in [0.15, 0.2) is 5.75 Å². The van der Waals surface area contributed by atoms with E-state index in [1.807, 2.05) is 39.0 Å². The van der Waals surface area contributed by atoms with Crippen LogP contribution in [-0.2, 0) is 0 Å². The first-order valence-electron chi connectivity index (χ1n) is 5.30. The molecule has 0 bridgehead atoms. The van der Waals surface area contributed by atoms with Crippen molar-refractivity contribution in [2.24, 2.45) is 0 Å². The summed E-state index contributed by atoms with van der Waals surface area (Å²) in [5.41, 5.74) is 1.92. The SMILES string of the molecule is Cc1ccc2ccc(Br)c(OC(C)C)c2n1. The van der Waals surface area contributed by atoms with E-state index >= 15 is 0 Å². The zero-order valence-electron chi connectivity index (χ0n) is 9.62. The van der Waals surface area contributed by atoms with Crippen LogP contribution in [0.1, 0.15) is 19.5 Å². The van der Waals surface area contributed by atoms with Crippen LogP contribution in [-0.4, -0.2) is 11.1 Å². The van der Waals surface area contributed by atoms with Crippen molar-refractivity contribution < 1.29 is 4.74 Å². The fraction of sp³-hybridized carbons (Fsp3) is 0.308. The van der Waals surface area contributed by atoms with E-state index in [1.165, 1.54) is 0 Å². The van der Waals surface area contributed by atoms with Crippen LogP contribution < -0.4 is 4.74 Å². The van der Waals surface area contributed by atoms with E-state index in [0.29, 0.717) is 0 Å². The van der Waals surface area contributed by atoms with E-state index in [0.717, 1.165) is 26.8 Å². The van der Waals surface area contributed by atoms with E-state index < -0.39 is 0 Å². The van der Waals surface area contributed by atoms with Gasteiger partial charge in [-0.3, -0.25) is 0 Å². The summed E-state index contributed by atoms with van der Waals surface area (Å²) in [5, 5.41) is 1.10. The van der Waals surface area contributed by atoms with Crippen molar-refractivity contribution in [2.75, 3.05) is 0 Å². The summed E-state index contributed by atoms with van der Waals surface area (Å²) >= 11 is 3.51. The predicted octanol–water partition coefficient (Wildman–Crippen LogP) is 4.09. The highest BCUT2D eigenvalue weighted by Gasteiger charge is 2.10. The topological polar surface area (TPSA) is 22.1 Å². The average Bonchev–Trinajstić information content (AvgIpc) is 2.22. The third kappa shape index (κ3) is 2.19. The largest absolute Gasteiger partial charge is 0.488 e. The summed E-state index contributed by atoms with van der Waals surface area (Å²) < 4.78 is 6.75. The summed E-state index contributed by atoms with van der Waals surface area (Å²) in [5.74, 6) is 0.830. The van der Waals surface area contributed by atoms with Gasteiger partial charge < -0.3 is 4.74 Å². The van der Waals surface area contributed by atoms with Crippen molar-refractivity contribution in [3.05, 3.63) is 34.4 Å². The molecule has 2 aromatic rings. The van der Waals surface area contributed by atoms with E-state index in [4.69, 9.17) is 4.74 Å². The number of halogens is 1. The van der Waals surface area contributed by atoms with Crippen LogP contribution in [0.4, 0.5) is 0 Å². The Morgan fingerprint density at radius 3 is 2.56 bits per heavy atom. The minimum absolute atomic E-state index is 0.143. The lowest BCUT2D eigenvalue weighted by molar-refractivity contribution is 0.243. The molecule has 2 rings (SSSR count). The third-order valence-electron chi connectivity index (χ3n) is 2.26. The zero-order chi connectivity index (χ0) is 11.7. The van der Waals surface area contributed by atoms with E-state index in [-0.39, 0.29) is 6.10 Å². The van der Waals surface area contributed by atoms with Gasteiger partial charge in [-0.1, -0.05) is 12.1 Å². The second kappa shape index (κ2) is 4.42. The molecule has 0 aliphatic rings. The number of nitrogens with zero attached hydrogens (tertiary/aromatic N) is 1. The number of hydrogen-bond acceptors (Lipinski definition) is 2. The quantitative estimate of drug-likeness (QED) is 0.826. The van der Waals surface area contributed by atoms with Gasteiger partial charge in [-0.05, 0) is 48.8 Å². The first-order chi connectivity index (χ1) is 7.58. The Morgan fingerprint density at radius 2 is 1.88 bits per heavy atom. The Morgan fingerprint density at radius 1 is 1.19 bits per heavy atom. The van der Waals surface area contributed by atoms with E-state index in [1.54, 1.807) is 0 Å². The van der Waals surface area contributed by atoms with Gasteiger partial charge in [0.2, 0.25) is 0 Å². The third-order valence-corrected chi connectivity index (χ3v) is 2.88. The summed E-state index contributed by atoms with van der Waals surface area (Å²) in [6, 6.07) is 8.11. The molecule has 1 heterocycles. The molecule has 2 nitrogen and oxygen atoms in total. The van der Waals surface area contributed by atoms with Gasteiger partial charge in [-0.15, -0.1) is 0 Å². The van der Waals surface area contributed by atoms with Gasteiger partial charge in [0, 0.05) is 11.1 Å². The number of aryl methyl sites for hydroxylation is 1. The Balaban J connectivity index is 2.67. The van der Waals surface area contributed by atoms with Crippen molar-refractivity contribution in [3.8, 4) is 5.75 Å². The maximum absolute atomic E-state index is 5.80. The monoisotopic (exact) mass is 279 g/mol. The van der Waals surface area contributed by atoms with Crippen molar-refractivity contribution in [3.63, 3.8) is 0 Å². The molecule has 0 aliphatic heterocycles. The zero-order valence-corrected chi connectivity index (χ0v) is 11.2. The van der Waals surface area contributed by atoms with Gasteiger partial charge in [0.25, 0.3) is 0 Å². The number of pyridine rings is 1. The molecule has 0 amide bonds. The molecule has 1 aromatic carbocycles. The average molecular weight is 280 g/mol. The Labute approximate surface area is 104 Å². The Hall–Kier alpha value is -1.09. The first-order valence-corrected chi connectivity index (χ1v) is 6.10. The maximum Gasteiger partial charge on any atom is 0.160 e. The number of fused-ring (bicyclic) bond motifs is 1. The van der Waals surface area contributed by atoms with Gasteiger partial charge in [-0.2, -0.15) is 0 Å². The van der Waals surface area contributed by atoms with Crippen LogP contribution in [0.25, 0.3) is 10.9 Å².